The number of aromatic nitrogens is 1. The van der Waals surface area contributed by atoms with Gasteiger partial charge in [0.1, 0.15) is 16.7 Å². The largest absolute Gasteiger partial charge is 0.691 e. The SMILES string of the molecule is CCC(SOO[O-])[n+]1c(C=C2Oc3ccc(Br)cc3N2CCCOS(=O)O)sc2ccc3ccccc3c21. The summed E-state index contributed by atoms with van der Waals surface area (Å²) in [5.74, 6) is 1.31. The summed E-state index contributed by atoms with van der Waals surface area (Å²) >= 11 is 3.79. The highest BCUT2D eigenvalue weighted by molar-refractivity contribution is 9.10. The predicted molar refractivity (Wildman–Crippen MR) is 150 cm³/mol. The lowest BCUT2D eigenvalue weighted by molar-refractivity contribution is -0.778. The van der Waals surface area contributed by atoms with E-state index in [1.54, 1.807) is 11.3 Å². The summed E-state index contributed by atoms with van der Waals surface area (Å²) in [4.78, 5) is 2.02. The molecule has 0 spiro atoms. The van der Waals surface area contributed by atoms with Gasteiger partial charge in [-0.15, -0.1) is 0 Å². The van der Waals surface area contributed by atoms with Crippen LogP contribution in [-0.4, -0.2) is 21.9 Å². The number of anilines is 1. The Morgan fingerprint density at radius 3 is 2.92 bits per heavy atom. The molecule has 1 N–H and O–H groups in total. The van der Waals surface area contributed by atoms with Crippen LogP contribution in [0, 0.1) is 0 Å². The standard InChI is InChI=1S/C25H23BrN2O7S3/c1-2-23(37-35-34-29)28-24(36-21-11-8-16-6-3-4-7-18(16)25(21)28)15-22-27(12-5-13-32-38(30)31)19-14-17(26)9-10-20(19)33-22/h3-4,6-11,14-15,23H,2,5,12-13H2,1H3,(H-,29,30,31). The third-order valence-corrected chi connectivity index (χ3v) is 8.86. The van der Waals surface area contributed by atoms with E-state index >= 15 is 0 Å². The minimum absolute atomic E-state index is 0.117. The molecule has 0 saturated carbocycles. The van der Waals surface area contributed by atoms with Gasteiger partial charge in [-0.05, 0) is 42.1 Å². The van der Waals surface area contributed by atoms with Gasteiger partial charge in [0.05, 0.1) is 23.8 Å². The fraction of sp³-hybridized carbons (Fsp3) is 0.240. The Bertz CT molecular complexity index is 1510. The molecule has 0 fully saturated rings. The third kappa shape index (κ3) is 5.76. The number of fused-ring (bicyclic) bond motifs is 4. The predicted octanol–water partition coefficient (Wildman–Crippen LogP) is 5.63. The molecule has 200 valence electrons. The lowest BCUT2D eigenvalue weighted by Crippen LogP contribution is -2.39. The number of benzene rings is 3. The van der Waals surface area contributed by atoms with Gasteiger partial charge < -0.3 is 14.9 Å². The van der Waals surface area contributed by atoms with E-state index in [9.17, 15) is 9.47 Å². The first-order chi connectivity index (χ1) is 18.5. The number of hydrogen-bond acceptors (Lipinski definition) is 9. The Morgan fingerprint density at radius 1 is 1.29 bits per heavy atom. The molecule has 2 unspecified atom stereocenters. The highest BCUT2D eigenvalue weighted by Crippen LogP contribution is 2.42. The molecule has 0 saturated heterocycles. The summed E-state index contributed by atoms with van der Waals surface area (Å²) in [6.45, 7) is 2.63. The Kier molecular flexibility index (Phi) is 8.98. The first-order valence-corrected chi connectivity index (χ1v) is 15.1. The number of nitrogens with zero attached hydrogens (tertiary/aromatic N) is 2. The molecule has 0 amide bonds. The molecule has 0 aliphatic carbocycles. The van der Waals surface area contributed by atoms with E-state index in [1.165, 1.54) is 0 Å². The van der Waals surface area contributed by atoms with Crippen LogP contribution in [0.2, 0.25) is 0 Å². The van der Waals surface area contributed by atoms with Crippen LogP contribution in [0.4, 0.5) is 5.69 Å². The van der Waals surface area contributed by atoms with E-state index in [4.69, 9.17) is 17.8 Å². The molecule has 2 heterocycles. The van der Waals surface area contributed by atoms with Crippen molar-refractivity contribution in [3.8, 4) is 5.75 Å². The maximum Gasteiger partial charge on any atom is 0.301 e. The third-order valence-electron chi connectivity index (χ3n) is 6.02. The van der Waals surface area contributed by atoms with Gasteiger partial charge in [-0.1, -0.05) is 58.5 Å². The van der Waals surface area contributed by atoms with Crippen molar-refractivity contribution >= 4 is 83.4 Å². The van der Waals surface area contributed by atoms with Crippen molar-refractivity contribution < 1.29 is 36.9 Å². The van der Waals surface area contributed by atoms with Crippen LogP contribution in [0.1, 0.15) is 30.1 Å². The zero-order chi connectivity index (χ0) is 26.6. The first kappa shape index (κ1) is 27.5. The molecular weight excluding hydrogens is 616 g/mol. The Balaban J connectivity index is 1.62. The normalized spacial score (nSPS) is 15.8. The molecule has 1 aliphatic rings. The van der Waals surface area contributed by atoms with Crippen molar-refractivity contribution in [3.05, 3.63) is 70.0 Å². The summed E-state index contributed by atoms with van der Waals surface area (Å²) in [6.07, 6.45) is 3.13. The highest BCUT2D eigenvalue weighted by atomic mass is 79.9. The van der Waals surface area contributed by atoms with Crippen molar-refractivity contribution in [2.45, 2.75) is 25.1 Å². The molecule has 9 nitrogen and oxygen atoms in total. The number of rotatable bonds is 11. The van der Waals surface area contributed by atoms with Gasteiger partial charge in [0, 0.05) is 17.4 Å². The first-order valence-electron chi connectivity index (χ1n) is 11.7. The van der Waals surface area contributed by atoms with Crippen LogP contribution in [0.3, 0.4) is 0 Å². The minimum atomic E-state index is -2.31. The van der Waals surface area contributed by atoms with Gasteiger partial charge in [0.25, 0.3) is 5.01 Å². The molecule has 2 atom stereocenters. The minimum Gasteiger partial charge on any atom is -0.691 e. The van der Waals surface area contributed by atoms with E-state index in [0.717, 1.165) is 48.2 Å². The van der Waals surface area contributed by atoms with Crippen molar-refractivity contribution in [2.75, 3.05) is 18.1 Å². The van der Waals surface area contributed by atoms with Crippen LogP contribution >= 0.6 is 39.3 Å². The van der Waals surface area contributed by atoms with E-state index in [0.29, 0.717) is 31.0 Å². The molecule has 3 aromatic carbocycles. The molecule has 1 aliphatic heterocycles. The molecular formula is C25H23BrN2O7S3. The number of thiazole rings is 1. The van der Waals surface area contributed by atoms with Gasteiger partial charge in [-0.25, -0.2) is 0 Å². The molecule has 1 aromatic heterocycles. The second-order valence-electron chi connectivity index (χ2n) is 8.28. The van der Waals surface area contributed by atoms with Crippen LogP contribution in [0.25, 0.3) is 27.1 Å². The van der Waals surface area contributed by atoms with Crippen molar-refractivity contribution in [3.63, 3.8) is 0 Å². The van der Waals surface area contributed by atoms with E-state index in [2.05, 4.69) is 49.8 Å². The Morgan fingerprint density at radius 2 is 2.13 bits per heavy atom. The second kappa shape index (κ2) is 12.4. The highest BCUT2D eigenvalue weighted by Gasteiger charge is 2.33. The van der Waals surface area contributed by atoms with Gasteiger partial charge in [0.15, 0.2) is 5.75 Å². The number of hydrogen-bond donors (Lipinski definition) is 1. The maximum atomic E-state index is 10.9. The monoisotopic (exact) mass is 638 g/mol. The quantitative estimate of drug-likeness (QED) is 0.0559. The molecule has 0 bridgehead atoms. The van der Waals surface area contributed by atoms with Crippen LogP contribution in [-0.2, 0) is 24.9 Å². The van der Waals surface area contributed by atoms with Crippen molar-refractivity contribution in [1.29, 1.82) is 0 Å². The summed E-state index contributed by atoms with van der Waals surface area (Å²) in [5, 5.41) is 17.2. The van der Waals surface area contributed by atoms with Crippen molar-refractivity contribution in [1.82, 2.24) is 0 Å². The zero-order valence-corrected chi connectivity index (χ0v) is 24.1. The number of halogens is 1. The van der Waals surface area contributed by atoms with Crippen molar-refractivity contribution in [2.24, 2.45) is 0 Å². The van der Waals surface area contributed by atoms with Crippen LogP contribution in [0.5, 0.6) is 5.75 Å². The second-order valence-corrected chi connectivity index (χ2v) is 11.8. The summed E-state index contributed by atoms with van der Waals surface area (Å²) in [6, 6.07) is 18.1. The Labute approximate surface area is 238 Å². The topological polar surface area (TPSA) is 104 Å². The van der Waals surface area contributed by atoms with Gasteiger partial charge in [0.2, 0.25) is 16.8 Å². The van der Waals surface area contributed by atoms with Gasteiger partial charge >= 0.3 is 11.4 Å². The number of ether oxygens (including phenoxy) is 1. The molecule has 5 rings (SSSR count). The molecule has 38 heavy (non-hydrogen) atoms. The van der Waals surface area contributed by atoms with Crippen LogP contribution in [0.15, 0.2) is 65.0 Å². The van der Waals surface area contributed by atoms with E-state index in [-0.39, 0.29) is 12.0 Å². The lowest BCUT2D eigenvalue weighted by atomic mass is 10.1. The Hall–Kier alpha value is -2.07. The molecule has 4 aromatic rings. The van der Waals surface area contributed by atoms with E-state index in [1.807, 2.05) is 48.2 Å². The zero-order valence-electron chi connectivity index (χ0n) is 20.1. The smallest absolute Gasteiger partial charge is 0.301 e. The molecule has 0 radical (unpaired) electrons. The average Bonchev–Trinajstić information content (AvgIpc) is 3.44. The summed E-state index contributed by atoms with van der Waals surface area (Å²) < 4.78 is 39.9. The summed E-state index contributed by atoms with van der Waals surface area (Å²) in [7, 11) is 0. The van der Waals surface area contributed by atoms with E-state index < -0.39 is 11.4 Å². The van der Waals surface area contributed by atoms with Gasteiger partial charge in [-0.3, -0.25) is 13.8 Å². The molecule has 13 heteroatoms. The van der Waals surface area contributed by atoms with Crippen LogP contribution < -0.4 is 19.5 Å². The lowest BCUT2D eigenvalue weighted by Gasteiger charge is -2.18. The van der Waals surface area contributed by atoms with Gasteiger partial charge in [-0.2, -0.15) is 13.1 Å². The average molecular weight is 640 g/mol. The summed E-state index contributed by atoms with van der Waals surface area (Å²) in [5.41, 5.74) is 1.90. The fourth-order valence-electron chi connectivity index (χ4n) is 4.45. The fourth-order valence-corrected chi connectivity index (χ4v) is 6.83. The maximum absolute atomic E-state index is 10.9.